The molecule has 2 N–H and O–H groups in total. The van der Waals surface area contributed by atoms with E-state index in [4.69, 9.17) is 10.5 Å². The van der Waals surface area contributed by atoms with Crippen LogP contribution >= 0.6 is 0 Å². The van der Waals surface area contributed by atoms with E-state index in [-0.39, 0.29) is 18.1 Å². The highest BCUT2D eigenvalue weighted by atomic mass is 16.5. The van der Waals surface area contributed by atoms with E-state index in [0.29, 0.717) is 13.0 Å². The summed E-state index contributed by atoms with van der Waals surface area (Å²) in [6, 6.07) is 6.30. The summed E-state index contributed by atoms with van der Waals surface area (Å²) < 4.78 is 5.68. The normalized spacial score (nSPS) is 22.9. The minimum absolute atomic E-state index is 0.0567. The highest BCUT2D eigenvalue weighted by Gasteiger charge is 2.27. The minimum atomic E-state index is -0.0567. The number of carbonyl (C=O) groups is 1. The first-order chi connectivity index (χ1) is 9.69. The maximum absolute atomic E-state index is 11.8. The standard InChI is InChI=1S/C16H22N2O2/c1-2-15(19)18-9-12-6-5-11(8-13(12)10-18)16(17)14-4-3-7-20-14/h5-6,8,14,16H,2-4,7,9-10,17H2,1H3. The Labute approximate surface area is 119 Å². The molecule has 1 amide bonds. The largest absolute Gasteiger partial charge is 0.376 e. The molecule has 2 aliphatic heterocycles. The second-order valence-electron chi connectivity index (χ2n) is 5.71. The summed E-state index contributed by atoms with van der Waals surface area (Å²) >= 11 is 0. The fraction of sp³-hybridized carbons (Fsp3) is 0.562. The number of hydrogen-bond donors (Lipinski definition) is 1. The van der Waals surface area contributed by atoms with Gasteiger partial charge in [0.25, 0.3) is 0 Å². The Balaban J connectivity index is 1.76. The molecule has 2 atom stereocenters. The third-order valence-electron chi connectivity index (χ3n) is 4.36. The highest BCUT2D eigenvalue weighted by molar-refractivity contribution is 5.76. The van der Waals surface area contributed by atoms with Crippen molar-refractivity contribution in [2.45, 2.75) is 51.4 Å². The monoisotopic (exact) mass is 274 g/mol. The summed E-state index contributed by atoms with van der Waals surface area (Å²) in [7, 11) is 0. The summed E-state index contributed by atoms with van der Waals surface area (Å²) in [6.45, 7) is 4.18. The SMILES string of the molecule is CCC(=O)N1Cc2ccc(C(N)C3CCCO3)cc2C1. The average molecular weight is 274 g/mol. The van der Waals surface area contributed by atoms with Gasteiger partial charge in [0.1, 0.15) is 0 Å². The van der Waals surface area contributed by atoms with E-state index in [9.17, 15) is 4.79 Å². The van der Waals surface area contributed by atoms with Crippen LogP contribution in [0.2, 0.25) is 0 Å². The first-order valence-electron chi connectivity index (χ1n) is 7.45. The lowest BCUT2D eigenvalue weighted by atomic mass is 9.97. The van der Waals surface area contributed by atoms with Gasteiger partial charge in [-0.25, -0.2) is 0 Å². The van der Waals surface area contributed by atoms with Crippen LogP contribution in [-0.4, -0.2) is 23.5 Å². The molecule has 0 bridgehead atoms. The fourth-order valence-corrected chi connectivity index (χ4v) is 3.12. The quantitative estimate of drug-likeness (QED) is 0.918. The average Bonchev–Trinajstić information content (AvgIpc) is 3.13. The van der Waals surface area contributed by atoms with Gasteiger partial charge in [-0.15, -0.1) is 0 Å². The third kappa shape index (κ3) is 2.45. The molecule has 1 saturated heterocycles. The van der Waals surface area contributed by atoms with Gasteiger partial charge in [0.05, 0.1) is 12.1 Å². The zero-order valence-electron chi connectivity index (χ0n) is 12.0. The number of fused-ring (bicyclic) bond motifs is 1. The van der Waals surface area contributed by atoms with Crippen LogP contribution in [0.5, 0.6) is 0 Å². The van der Waals surface area contributed by atoms with Crippen LogP contribution in [0.1, 0.15) is 48.9 Å². The number of amides is 1. The molecule has 4 heteroatoms. The summed E-state index contributed by atoms with van der Waals surface area (Å²) in [5.41, 5.74) is 9.92. The molecule has 0 radical (unpaired) electrons. The van der Waals surface area contributed by atoms with Crippen LogP contribution in [-0.2, 0) is 22.6 Å². The molecule has 3 rings (SSSR count). The smallest absolute Gasteiger partial charge is 0.222 e. The van der Waals surface area contributed by atoms with Crippen LogP contribution in [0.3, 0.4) is 0 Å². The van der Waals surface area contributed by atoms with Gasteiger partial charge >= 0.3 is 0 Å². The number of rotatable bonds is 3. The maximum Gasteiger partial charge on any atom is 0.222 e. The van der Waals surface area contributed by atoms with Crippen molar-refractivity contribution in [3.63, 3.8) is 0 Å². The van der Waals surface area contributed by atoms with Crippen molar-refractivity contribution in [3.05, 3.63) is 34.9 Å². The van der Waals surface area contributed by atoms with Crippen molar-refractivity contribution in [3.8, 4) is 0 Å². The molecule has 2 unspecified atom stereocenters. The van der Waals surface area contributed by atoms with Crippen LogP contribution < -0.4 is 5.73 Å². The molecule has 0 spiro atoms. The second-order valence-corrected chi connectivity index (χ2v) is 5.71. The minimum Gasteiger partial charge on any atom is -0.376 e. The molecule has 4 nitrogen and oxygen atoms in total. The summed E-state index contributed by atoms with van der Waals surface area (Å²) in [5, 5.41) is 0. The first-order valence-corrected chi connectivity index (χ1v) is 7.45. The van der Waals surface area contributed by atoms with Crippen LogP contribution in [0, 0.1) is 0 Å². The van der Waals surface area contributed by atoms with Gasteiger partial charge < -0.3 is 15.4 Å². The van der Waals surface area contributed by atoms with Gasteiger partial charge in [0.2, 0.25) is 5.91 Å². The van der Waals surface area contributed by atoms with E-state index >= 15 is 0 Å². The molecule has 0 saturated carbocycles. The van der Waals surface area contributed by atoms with Crippen LogP contribution in [0.25, 0.3) is 0 Å². The lowest BCUT2D eigenvalue weighted by Gasteiger charge is -2.19. The Bertz CT molecular complexity index is 509. The van der Waals surface area contributed by atoms with Gasteiger partial charge in [0.15, 0.2) is 0 Å². The van der Waals surface area contributed by atoms with E-state index in [2.05, 4.69) is 18.2 Å². The summed E-state index contributed by atoms with van der Waals surface area (Å²) in [6.07, 6.45) is 2.85. The van der Waals surface area contributed by atoms with E-state index in [1.54, 1.807) is 0 Å². The van der Waals surface area contributed by atoms with Crippen molar-refractivity contribution in [2.24, 2.45) is 5.73 Å². The first kappa shape index (κ1) is 13.6. The van der Waals surface area contributed by atoms with Crippen molar-refractivity contribution < 1.29 is 9.53 Å². The van der Waals surface area contributed by atoms with E-state index < -0.39 is 0 Å². The van der Waals surface area contributed by atoms with Crippen molar-refractivity contribution in [2.75, 3.05) is 6.61 Å². The van der Waals surface area contributed by atoms with Gasteiger partial charge in [-0.1, -0.05) is 25.1 Å². The summed E-state index contributed by atoms with van der Waals surface area (Å²) in [5.74, 6) is 0.214. The molecule has 20 heavy (non-hydrogen) atoms. The molecule has 0 aliphatic carbocycles. The third-order valence-corrected chi connectivity index (χ3v) is 4.36. The molecular formula is C16H22N2O2. The molecule has 2 heterocycles. The Kier molecular flexibility index (Phi) is 3.76. The molecule has 1 aromatic rings. The molecule has 108 valence electrons. The predicted octanol–water partition coefficient (Wildman–Crippen LogP) is 2.12. The topological polar surface area (TPSA) is 55.6 Å². The van der Waals surface area contributed by atoms with E-state index in [1.165, 1.54) is 11.1 Å². The van der Waals surface area contributed by atoms with Gasteiger partial charge in [0, 0.05) is 26.1 Å². The van der Waals surface area contributed by atoms with Crippen molar-refractivity contribution in [1.82, 2.24) is 4.90 Å². The van der Waals surface area contributed by atoms with Crippen LogP contribution in [0.15, 0.2) is 18.2 Å². The Morgan fingerprint density at radius 1 is 1.45 bits per heavy atom. The fourth-order valence-electron chi connectivity index (χ4n) is 3.12. The Morgan fingerprint density at radius 3 is 2.95 bits per heavy atom. The second kappa shape index (κ2) is 5.54. The zero-order chi connectivity index (χ0) is 14.1. The Hall–Kier alpha value is -1.39. The number of nitrogens with zero attached hydrogens (tertiary/aromatic N) is 1. The lowest BCUT2D eigenvalue weighted by molar-refractivity contribution is -0.131. The lowest BCUT2D eigenvalue weighted by Crippen LogP contribution is -2.25. The molecular weight excluding hydrogens is 252 g/mol. The number of benzene rings is 1. The van der Waals surface area contributed by atoms with Crippen molar-refractivity contribution >= 4 is 5.91 Å². The van der Waals surface area contributed by atoms with Gasteiger partial charge in [-0.2, -0.15) is 0 Å². The van der Waals surface area contributed by atoms with E-state index in [1.807, 2.05) is 11.8 Å². The molecule has 2 aliphatic rings. The summed E-state index contributed by atoms with van der Waals surface area (Å²) in [4.78, 5) is 13.7. The van der Waals surface area contributed by atoms with Gasteiger partial charge in [-0.3, -0.25) is 4.79 Å². The highest BCUT2D eigenvalue weighted by Crippen LogP contribution is 2.29. The maximum atomic E-state index is 11.8. The number of nitrogens with two attached hydrogens (primary N) is 1. The predicted molar refractivity (Wildman–Crippen MR) is 76.9 cm³/mol. The number of hydrogen-bond acceptors (Lipinski definition) is 3. The van der Waals surface area contributed by atoms with Crippen molar-refractivity contribution in [1.29, 1.82) is 0 Å². The molecule has 1 aromatic carbocycles. The zero-order valence-corrected chi connectivity index (χ0v) is 12.0. The van der Waals surface area contributed by atoms with Crippen LogP contribution in [0.4, 0.5) is 0 Å². The number of carbonyl (C=O) groups excluding carboxylic acids is 1. The van der Waals surface area contributed by atoms with E-state index in [0.717, 1.165) is 31.6 Å². The molecule has 1 fully saturated rings. The Morgan fingerprint density at radius 2 is 2.25 bits per heavy atom. The number of ether oxygens (including phenoxy) is 1. The molecule has 0 aromatic heterocycles. The van der Waals surface area contributed by atoms with Gasteiger partial charge in [-0.05, 0) is 29.5 Å².